The van der Waals surface area contributed by atoms with Crippen LogP contribution < -0.4 is 0 Å². The molecule has 0 atom stereocenters. The molecule has 0 saturated carbocycles. The molecular weight excluding hydrogens is 212 g/mol. The van der Waals surface area contributed by atoms with Crippen LogP contribution in [0, 0.1) is 0 Å². The van der Waals surface area contributed by atoms with Gasteiger partial charge in [-0.05, 0) is 39.0 Å². The maximum absolute atomic E-state index is 2.22. The minimum Gasteiger partial charge on any atom is -0.305 e. The topological polar surface area (TPSA) is 6.48 Å². The Morgan fingerprint density at radius 1 is 0.857 bits per heavy atom. The second-order valence-electron chi connectivity index (χ2n) is 3.83. The predicted octanol–water partition coefficient (Wildman–Crippen LogP) is 2.27. The van der Waals surface area contributed by atoms with Crippen LogP contribution >= 0.6 is 23.5 Å². The van der Waals surface area contributed by atoms with Gasteiger partial charge in [-0.15, -0.1) is 0 Å². The third-order valence-electron chi connectivity index (χ3n) is 1.71. The van der Waals surface area contributed by atoms with Crippen molar-refractivity contribution in [2.24, 2.45) is 0 Å². The van der Waals surface area contributed by atoms with Crippen molar-refractivity contribution in [3.05, 3.63) is 20.6 Å². The number of thioether (sulfide) groups is 2. The van der Waals surface area contributed by atoms with Crippen LogP contribution in [0.3, 0.4) is 0 Å². The molecule has 0 fully saturated rings. The average molecular weight is 230 g/mol. The van der Waals surface area contributed by atoms with E-state index in [4.69, 9.17) is 0 Å². The highest BCUT2D eigenvalue weighted by Crippen LogP contribution is 2.35. The normalized spacial score (nSPS) is 17.3. The first-order chi connectivity index (χ1) is 6.59. The van der Waals surface area contributed by atoms with Crippen molar-refractivity contribution in [3.8, 4) is 0 Å². The molecule has 0 unspecified atom stereocenters. The van der Waals surface area contributed by atoms with Gasteiger partial charge in [-0.1, -0.05) is 23.5 Å². The highest BCUT2D eigenvalue weighted by Gasteiger charge is 2.11. The number of hydrogen-bond donors (Lipinski definition) is 0. The average Bonchev–Trinajstić information content (AvgIpc) is 2.06. The molecule has 1 aliphatic heterocycles. The fourth-order valence-electron chi connectivity index (χ4n) is 1.18. The minimum absolute atomic E-state index is 1.05. The van der Waals surface area contributed by atoms with Crippen molar-refractivity contribution in [1.82, 2.24) is 9.80 Å². The van der Waals surface area contributed by atoms with Gasteiger partial charge in [0.1, 0.15) is 0 Å². The van der Waals surface area contributed by atoms with Crippen LogP contribution in [-0.4, -0.2) is 51.1 Å². The van der Waals surface area contributed by atoms with Gasteiger partial charge in [0.2, 0.25) is 0 Å². The molecule has 0 aromatic rings. The molecule has 2 nitrogen and oxygen atoms in total. The molecule has 0 aromatic carbocycles. The molecule has 1 heterocycles. The molecule has 0 radical (unpaired) electrons. The third-order valence-corrected chi connectivity index (χ3v) is 3.87. The van der Waals surface area contributed by atoms with Crippen LogP contribution in [-0.2, 0) is 0 Å². The monoisotopic (exact) mass is 230 g/mol. The van der Waals surface area contributed by atoms with Crippen molar-refractivity contribution >= 4 is 23.5 Å². The molecule has 1 aliphatic rings. The molecule has 4 heteroatoms. The van der Waals surface area contributed by atoms with Crippen molar-refractivity contribution in [2.45, 2.75) is 0 Å². The fraction of sp³-hybridized carbons (Fsp3) is 0.600. The largest absolute Gasteiger partial charge is 0.305 e. The lowest BCUT2D eigenvalue weighted by Gasteiger charge is -2.21. The zero-order chi connectivity index (χ0) is 10.6. The van der Waals surface area contributed by atoms with Gasteiger partial charge in [-0.25, -0.2) is 0 Å². The Morgan fingerprint density at radius 3 is 1.50 bits per heavy atom. The molecule has 0 aromatic heterocycles. The maximum atomic E-state index is 2.22. The Morgan fingerprint density at radius 2 is 1.21 bits per heavy atom. The van der Waals surface area contributed by atoms with Gasteiger partial charge in [0, 0.05) is 22.9 Å². The first-order valence-corrected chi connectivity index (χ1v) is 6.35. The Hall–Kier alpha value is 0.1000. The van der Waals surface area contributed by atoms with E-state index in [0.29, 0.717) is 0 Å². The van der Waals surface area contributed by atoms with Crippen LogP contribution in [0.15, 0.2) is 20.6 Å². The van der Waals surface area contributed by atoms with Crippen LogP contribution in [0.5, 0.6) is 0 Å². The zero-order valence-electron chi connectivity index (χ0n) is 9.28. The van der Waals surface area contributed by atoms with Gasteiger partial charge in [0.25, 0.3) is 0 Å². The summed E-state index contributed by atoms with van der Waals surface area (Å²) in [4.78, 5) is 7.41. The number of nitrogens with zero attached hydrogens (tertiary/aromatic N) is 2. The minimum atomic E-state index is 1.05. The SMILES string of the molecule is CN(C)CC1=C(CN(C)C)SC=CS1. The Kier molecular flexibility index (Phi) is 5.09. The fourth-order valence-corrected chi connectivity index (χ4v) is 3.30. The van der Waals surface area contributed by atoms with Crippen LogP contribution in [0.1, 0.15) is 0 Å². The van der Waals surface area contributed by atoms with Gasteiger partial charge in [-0.2, -0.15) is 0 Å². The van der Waals surface area contributed by atoms with Crippen LogP contribution in [0.2, 0.25) is 0 Å². The maximum Gasteiger partial charge on any atom is 0.0299 e. The van der Waals surface area contributed by atoms with E-state index in [2.05, 4.69) is 48.8 Å². The van der Waals surface area contributed by atoms with Crippen molar-refractivity contribution in [3.63, 3.8) is 0 Å². The van der Waals surface area contributed by atoms with E-state index in [1.165, 1.54) is 9.81 Å². The summed E-state index contributed by atoms with van der Waals surface area (Å²) in [5, 5.41) is 4.34. The Labute approximate surface area is 95.4 Å². The molecule has 0 amide bonds. The van der Waals surface area contributed by atoms with E-state index in [1.54, 1.807) is 0 Å². The summed E-state index contributed by atoms with van der Waals surface area (Å²) in [5.41, 5.74) is 0. The van der Waals surface area contributed by atoms with E-state index in [9.17, 15) is 0 Å². The van der Waals surface area contributed by atoms with Crippen molar-refractivity contribution in [2.75, 3.05) is 41.3 Å². The summed E-state index contributed by atoms with van der Waals surface area (Å²) in [7, 11) is 8.46. The molecule has 0 bridgehead atoms. The molecule has 1 rings (SSSR count). The first-order valence-electron chi connectivity index (χ1n) is 4.59. The van der Waals surface area contributed by atoms with Gasteiger partial charge in [0.15, 0.2) is 0 Å². The van der Waals surface area contributed by atoms with Gasteiger partial charge in [-0.3, -0.25) is 0 Å². The summed E-state index contributed by atoms with van der Waals surface area (Å²) < 4.78 is 0. The first kappa shape index (κ1) is 12.2. The lowest BCUT2D eigenvalue weighted by atomic mass is 10.4. The standard InChI is InChI=1S/C10H18N2S2/c1-11(2)7-9-10(8-12(3)4)14-6-5-13-9/h5-6H,7-8H2,1-4H3. The molecule has 80 valence electrons. The summed E-state index contributed by atoms with van der Waals surface area (Å²) in [5.74, 6) is 0. The predicted molar refractivity (Wildman–Crippen MR) is 68.5 cm³/mol. The lowest BCUT2D eigenvalue weighted by Crippen LogP contribution is -2.19. The quantitative estimate of drug-likeness (QED) is 0.730. The van der Waals surface area contributed by atoms with Gasteiger partial charge >= 0.3 is 0 Å². The van der Waals surface area contributed by atoms with Crippen LogP contribution in [0.25, 0.3) is 0 Å². The molecule has 0 aliphatic carbocycles. The summed E-state index contributed by atoms with van der Waals surface area (Å²) in [6.07, 6.45) is 0. The summed E-state index contributed by atoms with van der Waals surface area (Å²) >= 11 is 3.70. The second kappa shape index (κ2) is 5.85. The summed E-state index contributed by atoms with van der Waals surface area (Å²) in [6.45, 7) is 2.09. The number of rotatable bonds is 4. The summed E-state index contributed by atoms with van der Waals surface area (Å²) in [6, 6.07) is 0. The van der Waals surface area contributed by atoms with E-state index in [0.717, 1.165) is 13.1 Å². The molecular formula is C10H18N2S2. The Bertz CT molecular complexity index is 221. The Balaban J connectivity index is 2.65. The van der Waals surface area contributed by atoms with Crippen molar-refractivity contribution in [1.29, 1.82) is 0 Å². The molecule has 0 saturated heterocycles. The number of likely N-dealkylation sites (N-methyl/N-ethyl adjacent to an activating group) is 2. The molecule has 14 heavy (non-hydrogen) atoms. The van der Waals surface area contributed by atoms with Crippen molar-refractivity contribution < 1.29 is 0 Å². The van der Waals surface area contributed by atoms with Gasteiger partial charge < -0.3 is 9.80 Å². The zero-order valence-corrected chi connectivity index (χ0v) is 10.9. The molecule has 0 spiro atoms. The second-order valence-corrected chi connectivity index (χ2v) is 5.83. The highest BCUT2D eigenvalue weighted by atomic mass is 32.2. The lowest BCUT2D eigenvalue weighted by molar-refractivity contribution is 0.439. The highest BCUT2D eigenvalue weighted by molar-refractivity contribution is 8.12. The van der Waals surface area contributed by atoms with E-state index in [1.807, 2.05) is 23.5 Å². The molecule has 0 N–H and O–H groups in total. The van der Waals surface area contributed by atoms with Gasteiger partial charge in [0.05, 0.1) is 0 Å². The van der Waals surface area contributed by atoms with E-state index < -0.39 is 0 Å². The smallest absolute Gasteiger partial charge is 0.0299 e. The van der Waals surface area contributed by atoms with Crippen LogP contribution in [0.4, 0.5) is 0 Å². The van der Waals surface area contributed by atoms with E-state index >= 15 is 0 Å². The van der Waals surface area contributed by atoms with E-state index in [-0.39, 0.29) is 0 Å². The third kappa shape index (κ3) is 4.09. The number of hydrogen-bond acceptors (Lipinski definition) is 4.